The van der Waals surface area contributed by atoms with Gasteiger partial charge < -0.3 is 19.6 Å². The van der Waals surface area contributed by atoms with Crippen LogP contribution in [0.5, 0.6) is 23.0 Å². The normalized spacial score (nSPS) is 9.50. The molecule has 1 rings (SSSR count). The summed E-state index contributed by atoms with van der Waals surface area (Å²) in [6.45, 7) is 0. The van der Waals surface area contributed by atoms with Gasteiger partial charge in [-0.1, -0.05) is 0 Å². The van der Waals surface area contributed by atoms with Crippen molar-refractivity contribution in [3.05, 3.63) is 12.1 Å². The second kappa shape index (κ2) is 3.47. The molecule has 5 nitrogen and oxygen atoms in total. The lowest BCUT2D eigenvalue weighted by molar-refractivity contribution is -0.139. The second-order valence-electron chi connectivity index (χ2n) is 2.00. The Kier molecular flexibility index (Phi) is 2.58. The van der Waals surface area contributed by atoms with Crippen molar-refractivity contribution in [3.63, 3.8) is 0 Å². The summed E-state index contributed by atoms with van der Waals surface area (Å²) in [6, 6.07) is 2.13. The Hall–Kier alpha value is -1.19. The van der Waals surface area contributed by atoms with Crippen LogP contribution >= 0.6 is 9.47 Å². The van der Waals surface area contributed by atoms with E-state index in [1.165, 1.54) is 0 Å². The maximum atomic E-state index is 9.08. The van der Waals surface area contributed by atoms with E-state index in [-0.39, 0.29) is 23.0 Å². The Morgan fingerprint density at radius 3 is 2.17 bits per heavy atom. The van der Waals surface area contributed by atoms with E-state index in [0.29, 0.717) is 0 Å². The van der Waals surface area contributed by atoms with Gasteiger partial charge in [-0.2, -0.15) is 0 Å². The van der Waals surface area contributed by atoms with Gasteiger partial charge in [0, 0.05) is 12.1 Å². The number of rotatable bonds is 2. The Morgan fingerprint density at radius 1 is 1.08 bits per heavy atom. The van der Waals surface area contributed by atoms with E-state index < -0.39 is 0 Å². The van der Waals surface area contributed by atoms with Gasteiger partial charge in [0.25, 0.3) is 0 Å². The van der Waals surface area contributed by atoms with Gasteiger partial charge in [-0.25, -0.2) is 5.26 Å². The lowest BCUT2D eigenvalue weighted by atomic mass is 10.3. The van der Waals surface area contributed by atoms with Crippen molar-refractivity contribution < 1.29 is 24.9 Å². The number of benzene rings is 1. The molecule has 6 heteroatoms. The minimum Gasteiger partial charge on any atom is -0.504 e. The van der Waals surface area contributed by atoms with Crippen LogP contribution in [0.3, 0.4) is 0 Å². The summed E-state index contributed by atoms with van der Waals surface area (Å²) in [5, 5.41) is 26.3. The highest BCUT2D eigenvalue weighted by molar-refractivity contribution is 7.10. The zero-order valence-electron chi connectivity index (χ0n) is 5.89. The predicted octanol–water partition coefficient (Wildman–Crippen LogP) is 1.12. The van der Waals surface area contributed by atoms with Gasteiger partial charge in [-0.3, -0.25) is 0 Å². The first-order valence-electron chi connectivity index (χ1n) is 2.93. The fourth-order valence-corrected chi connectivity index (χ4v) is 0.895. The molecule has 0 amide bonds. The molecule has 12 heavy (non-hydrogen) atoms. The summed E-state index contributed by atoms with van der Waals surface area (Å²) in [7, 11) is 1.91. The summed E-state index contributed by atoms with van der Waals surface area (Å²) < 4.78 is 4.61. The van der Waals surface area contributed by atoms with E-state index in [4.69, 9.17) is 15.5 Å². The van der Waals surface area contributed by atoms with Crippen molar-refractivity contribution in [1.29, 1.82) is 0 Å². The molecule has 0 aliphatic heterocycles. The molecule has 66 valence electrons. The van der Waals surface area contributed by atoms with E-state index in [9.17, 15) is 0 Å². The zero-order chi connectivity index (χ0) is 9.14. The van der Waals surface area contributed by atoms with Crippen LogP contribution in [0.15, 0.2) is 12.1 Å². The topological polar surface area (TPSA) is 79.2 Å². The molecule has 1 unspecified atom stereocenters. The standard InChI is InChI=1S/C6H7O5P/c7-3-1-4(8)6(11-12)2-5(3)10-9/h1-2,7-9H,12H2. The first kappa shape index (κ1) is 8.90. The highest BCUT2D eigenvalue weighted by Gasteiger charge is 2.09. The van der Waals surface area contributed by atoms with Crippen LogP contribution in [0, 0.1) is 0 Å². The average molecular weight is 190 g/mol. The summed E-state index contributed by atoms with van der Waals surface area (Å²) in [4.78, 5) is 3.79. The van der Waals surface area contributed by atoms with E-state index in [1.807, 2.05) is 9.47 Å². The molecule has 0 heterocycles. The van der Waals surface area contributed by atoms with Crippen molar-refractivity contribution in [2.24, 2.45) is 0 Å². The molecule has 0 saturated heterocycles. The van der Waals surface area contributed by atoms with Gasteiger partial charge in [0.1, 0.15) is 0 Å². The molecule has 0 fully saturated rings. The SMILES string of the molecule is OOc1cc(OP)c(O)cc1O. The number of hydrogen-bond acceptors (Lipinski definition) is 5. The van der Waals surface area contributed by atoms with E-state index in [1.54, 1.807) is 0 Å². The van der Waals surface area contributed by atoms with Crippen LogP contribution in [-0.4, -0.2) is 15.5 Å². The molecule has 1 aromatic carbocycles. The number of phenolic OH excluding ortho intramolecular Hbond substituents is 2. The summed E-state index contributed by atoms with van der Waals surface area (Å²) in [5.41, 5.74) is 0. The molecule has 0 aromatic heterocycles. The van der Waals surface area contributed by atoms with Crippen molar-refractivity contribution in [2.75, 3.05) is 0 Å². The lowest BCUT2D eigenvalue weighted by Gasteiger charge is -2.05. The van der Waals surface area contributed by atoms with E-state index in [2.05, 4.69) is 9.41 Å². The Labute approximate surface area is 70.4 Å². The van der Waals surface area contributed by atoms with Crippen LogP contribution in [0.2, 0.25) is 0 Å². The summed E-state index contributed by atoms with van der Waals surface area (Å²) in [6.07, 6.45) is 0. The molecule has 0 radical (unpaired) electrons. The quantitative estimate of drug-likeness (QED) is 0.370. The van der Waals surface area contributed by atoms with E-state index >= 15 is 0 Å². The van der Waals surface area contributed by atoms with Crippen LogP contribution in [0.25, 0.3) is 0 Å². The molecule has 0 aliphatic carbocycles. The monoisotopic (exact) mass is 190 g/mol. The molecule has 0 aliphatic rings. The zero-order valence-corrected chi connectivity index (χ0v) is 7.04. The van der Waals surface area contributed by atoms with Gasteiger partial charge in [-0.15, -0.1) is 0 Å². The second-order valence-corrected chi connectivity index (χ2v) is 2.23. The van der Waals surface area contributed by atoms with Gasteiger partial charge in [0.2, 0.25) is 5.75 Å². The fraction of sp³-hybridized carbons (Fsp3) is 0. The minimum atomic E-state index is -0.374. The molecule has 3 N–H and O–H groups in total. The van der Waals surface area contributed by atoms with Crippen molar-refractivity contribution >= 4 is 9.47 Å². The average Bonchev–Trinajstić information content (AvgIpc) is 2.05. The van der Waals surface area contributed by atoms with Crippen molar-refractivity contribution in [3.8, 4) is 23.0 Å². The highest BCUT2D eigenvalue weighted by Crippen LogP contribution is 2.38. The highest BCUT2D eigenvalue weighted by atomic mass is 31.0. The molecular weight excluding hydrogens is 183 g/mol. The smallest absolute Gasteiger partial charge is 0.210 e. The lowest BCUT2D eigenvalue weighted by Crippen LogP contribution is -1.85. The summed E-state index contributed by atoms with van der Waals surface area (Å²) >= 11 is 0. The Bertz CT molecular complexity index is 262. The van der Waals surface area contributed by atoms with Crippen LogP contribution < -0.4 is 9.41 Å². The van der Waals surface area contributed by atoms with E-state index in [0.717, 1.165) is 12.1 Å². The molecule has 0 spiro atoms. The maximum absolute atomic E-state index is 9.08. The molecule has 1 aromatic rings. The summed E-state index contributed by atoms with van der Waals surface area (Å²) in [5.74, 6) is -0.740. The third-order valence-electron chi connectivity index (χ3n) is 1.27. The van der Waals surface area contributed by atoms with Crippen LogP contribution in [0.1, 0.15) is 0 Å². The first-order chi connectivity index (χ1) is 5.69. The van der Waals surface area contributed by atoms with Crippen molar-refractivity contribution in [2.45, 2.75) is 0 Å². The largest absolute Gasteiger partial charge is 0.504 e. The predicted molar refractivity (Wildman–Crippen MR) is 43.4 cm³/mol. The maximum Gasteiger partial charge on any atom is 0.210 e. The van der Waals surface area contributed by atoms with Gasteiger partial charge >= 0.3 is 0 Å². The third-order valence-corrected chi connectivity index (χ3v) is 1.52. The van der Waals surface area contributed by atoms with Gasteiger partial charge in [-0.05, 0) is 0 Å². The Balaban J connectivity index is 3.18. The van der Waals surface area contributed by atoms with Gasteiger partial charge in [0.15, 0.2) is 17.2 Å². The van der Waals surface area contributed by atoms with Crippen LogP contribution in [0.4, 0.5) is 0 Å². The minimum absolute atomic E-state index is 0.0712. The number of aromatic hydroxyl groups is 2. The van der Waals surface area contributed by atoms with Crippen LogP contribution in [-0.2, 0) is 0 Å². The molecule has 0 bridgehead atoms. The van der Waals surface area contributed by atoms with Crippen molar-refractivity contribution in [1.82, 2.24) is 0 Å². The fourth-order valence-electron chi connectivity index (χ4n) is 0.706. The number of hydrogen-bond donors (Lipinski definition) is 3. The molecular formula is C6H7O5P. The third kappa shape index (κ3) is 1.52. The molecule has 0 saturated carbocycles. The Morgan fingerprint density at radius 2 is 1.67 bits per heavy atom. The van der Waals surface area contributed by atoms with Gasteiger partial charge in [0.05, 0.1) is 9.47 Å². The molecule has 1 atom stereocenters. The number of phenols is 2. The first-order valence-corrected chi connectivity index (χ1v) is 3.40.